The van der Waals surface area contributed by atoms with E-state index < -0.39 is 5.97 Å². The summed E-state index contributed by atoms with van der Waals surface area (Å²) in [6, 6.07) is 12.5. The van der Waals surface area contributed by atoms with Gasteiger partial charge >= 0.3 is 5.97 Å². The zero-order chi connectivity index (χ0) is 14.5. The molecule has 0 unspecified atom stereocenters. The Hall–Kier alpha value is -2.82. The van der Waals surface area contributed by atoms with E-state index in [1.54, 1.807) is 30.3 Å². The van der Waals surface area contributed by atoms with Crippen molar-refractivity contribution in [3.05, 3.63) is 54.1 Å². The number of phenols is 1. The lowest BCUT2D eigenvalue weighted by atomic mass is 10.2. The molecular formula is C15H13NO4. The highest BCUT2D eigenvalue weighted by molar-refractivity contribution is 6.04. The van der Waals surface area contributed by atoms with E-state index in [0.717, 1.165) is 0 Å². The van der Waals surface area contributed by atoms with Crippen LogP contribution < -0.4 is 10.1 Å². The molecule has 0 bridgehead atoms. The fourth-order valence-electron chi connectivity index (χ4n) is 1.65. The maximum atomic E-state index is 12.0. The molecule has 5 heteroatoms. The Morgan fingerprint density at radius 1 is 1.10 bits per heavy atom. The molecule has 5 nitrogen and oxygen atoms in total. The second kappa shape index (κ2) is 5.88. The number of benzene rings is 2. The summed E-state index contributed by atoms with van der Waals surface area (Å²) in [5, 5.41) is 12.0. The Morgan fingerprint density at radius 3 is 2.55 bits per heavy atom. The van der Waals surface area contributed by atoms with E-state index in [-0.39, 0.29) is 11.7 Å². The highest BCUT2D eigenvalue weighted by atomic mass is 16.5. The predicted octanol–water partition coefficient (Wildman–Crippen LogP) is 2.57. The van der Waals surface area contributed by atoms with Crippen LogP contribution in [0.15, 0.2) is 48.5 Å². The number of anilines is 1. The van der Waals surface area contributed by atoms with E-state index in [0.29, 0.717) is 17.0 Å². The summed E-state index contributed by atoms with van der Waals surface area (Å²) in [7, 11) is 0. The smallest absolute Gasteiger partial charge is 0.308 e. The summed E-state index contributed by atoms with van der Waals surface area (Å²) < 4.78 is 4.92. The van der Waals surface area contributed by atoms with Crippen LogP contribution in [0.3, 0.4) is 0 Å². The van der Waals surface area contributed by atoms with Crippen molar-refractivity contribution in [2.75, 3.05) is 5.32 Å². The summed E-state index contributed by atoms with van der Waals surface area (Å²) in [6.07, 6.45) is 0. The molecule has 0 aromatic heterocycles. The predicted molar refractivity (Wildman–Crippen MR) is 73.8 cm³/mol. The first-order valence-electron chi connectivity index (χ1n) is 5.93. The van der Waals surface area contributed by atoms with E-state index in [1.807, 2.05) is 0 Å². The molecule has 0 heterocycles. The van der Waals surface area contributed by atoms with E-state index in [2.05, 4.69) is 5.32 Å². The molecule has 1 amide bonds. The molecule has 2 aromatic carbocycles. The van der Waals surface area contributed by atoms with Gasteiger partial charge in [0.2, 0.25) is 0 Å². The maximum Gasteiger partial charge on any atom is 0.308 e. The minimum atomic E-state index is -0.449. The van der Waals surface area contributed by atoms with Gasteiger partial charge in [-0.3, -0.25) is 9.59 Å². The van der Waals surface area contributed by atoms with Crippen LogP contribution in [-0.4, -0.2) is 17.0 Å². The molecule has 102 valence electrons. The number of rotatable bonds is 3. The lowest BCUT2D eigenvalue weighted by Crippen LogP contribution is -2.12. The molecule has 0 radical (unpaired) electrons. The van der Waals surface area contributed by atoms with Gasteiger partial charge in [0, 0.05) is 24.2 Å². The zero-order valence-electron chi connectivity index (χ0n) is 10.8. The van der Waals surface area contributed by atoms with Gasteiger partial charge in [-0.25, -0.2) is 0 Å². The first-order chi connectivity index (χ1) is 9.54. The van der Waals surface area contributed by atoms with Gasteiger partial charge in [-0.1, -0.05) is 12.1 Å². The van der Waals surface area contributed by atoms with E-state index in [1.165, 1.54) is 25.1 Å². The monoisotopic (exact) mass is 271 g/mol. The van der Waals surface area contributed by atoms with Gasteiger partial charge in [-0.15, -0.1) is 0 Å². The SMILES string of the molecule is CC(=O)Oc1cccc(C(=O)Nc2cccc(O)c2)c1. The van der Waals surface area contributed by atoms with Crippen LogP contribution in [0.4, 0.5) is 5.69 Å². The average molecular weight is 271 g/mol. The van der Waals surface area contributed by atoms with Crippen molar-refractivity contribution in [1.82, 2.24) is 0 Å². The van der Waals surface area contributed by atoms with Gasteiger partial charge in [0.25, 0.3) is 5.91 Å². The van der Waals surface area contributed by atoms with Crippen molar-refractivity contribution in [3.8, 4) is 11.5 Å². The molecule has 2 aromatic rings. The van der Waals surface area contributed by atoms with Crippen LogP contribution in [0.1, 0.15) is 17.3 Å². The van der Waals surface area contributed by atoms with Crippen LogP contribution in [0.25, 0.3) is 0 Å². The first kappa shape index (κ1) is 13.6. The van der Waals surface area contributed by atoms with Gasteiger partial charge in [-0.05, 0) is 30.3 Å². The fraction of sp³-hybridized carbons (Fsp3) is 0.0667. The van der Waals surface area contributed by atoms with Crippen LogP contribution in [0.5, 0.6) is 11.5 Å². The Kier molecular flexibility index (Phi) is 4.00. The molecule has 20 heavy (non-hydrogen) atoms. The number of nitrogens with one attached hydrogen (secondary N) is 1. The van der Waals surface area contributed by atoms with Crippen molar-refractivity contribution >= 4 is 17.6 Å². The summed E-state index contributed by atoms with van der Waals surface area (Å²) in [5.74, 6) is -0.433. The van der Waals surface area contributed by atoms with Crippen LogP contribution >= 0.6 is 0 Å². The van der Waals surface area contributed by atoms with E-state index in [9.17, 15) is 14.7 Å². The lowest BCUT2D eigenvalue weighted by molar-refractivity contribution is -0.131. The molecule has 0 spiro atoms. The minimum absolute atomic E-state index is 0.0662. The van der Waals surface area contributed by atoms with Gasteiger partial charge in [0.15, 0.2) is 0 Å². The summed E-state index contributed by atoms with van der Waals surface area (Å²) >= 11 is 0. The maximum absolute atomic E-state index is 12.0. The molecule has 2 N–H and O–H groups in total. The van der Waals surface area contributed by atoms with E-state index >= 15 is 0 Å². The second-order valence-corrected chi connectivity index (χ2v) is 4.13. The highest BCUT2D eigenvalue weighted by Gasteiger charge is 2.08. The molecule has 2 rings (SSSR count). The normalized spacial score (nSPS) is 9.85. The Balaban J connectivity index is 2.15. The van der Waals surface area contributed by atoms with Gasteiger partial charge in [0.1, 0.15) is 11.5 Å². The molecule has 0 aliphatic heterocycles. The Bertz CT molecular complexity index is 652. The van der Waals surface area contributed by atoms with Gasteiger partial charge in [-0.2, -0.15) is 0 Å². The molecular weight excluding hydrogens is 258 g/mol. The second-order valence-electron chi connectivity index (χ2n) is 4.13. The number of carbonyl (C=O) groups is 2. The summed E-state index contributed by atoms with van der Waals surface area (Å²) in [4.78, 5) is 22.9. The first-order valence-corrected chi connectivity index (χ1v) is 5.93. The van der Waals surface area contributed by atoms with Gasteiger partial charge in [0.05, 0.1) is 0 Å². The number of phenolic OH excluding ortho intramolecular Hbond substituents is 1. The third-order valence-corrected chi connectivity index (χ3v) is 2.46. The molecule has 0 fully saturated rings. The number of hydrogen-bond donors (Lipinski definition) is 2. The highest BCUT2D eigenvalue weighted by Crippen LogP contribution is 2.18. The van der Waals surface area contributed by atoms with Crippen molar-refractivity contribution in [3.63, 3.8) is 0 Å². The molecule has 0 saturated heterocycles. The number of aromatic hydroxyl groups is 1. The van der Waals surface area contributed by atoms with Crippen LogP contribution in [-0.2, 0) is 4.79 Å². The van der Waals surface area contributed by atoms with Crippen molar-refractivity contribution in [1.29, 1.82) is 0 Å². The standard InChI is InChI=1S/C15H13NO4/c1-10(17)20-14-7-2-4-11(8-14)15(19)16-12-5-3-6-13(18)9-12/h2-9,18H,1H3,(H,16,19). The average Bonchev–Trinajstić information content (AvgIpc) is 2.38. The topological polar surface area (TPSA) is 75.6 Å². The fourth-order valence-corrected chi connectivity index (χ4v) is 1.65. The summed E-state index contributed by atoms with van der Waals surface area (Å²) in [6.45, 7) is 1.29. The van der Waals surface area contributed by atoms with Crippen LogP contribution in [0, 0.1) is 0 Å². The number of ether oxygens (including phenoxy) is 1. The molecule has 0 saturated carbocycles. The minimum Gasteiger partial charge on any atom is -0.508 e. The number of carbonyl (C=O) groups excluding carboxylic acids is 2. The van der Waals surface area contributed by atoms with Gasteiger partial charge < -0.3 is 15.2 Å². The quantitative estimate of drug-likeness (QED) is 0.664. The van der Waals surface area contributed by atoms with Crippen molar-refractivity contribution < 1.29 is 19.4 Å². The lowest BCUT2D eigenvalue weighted by Gasteiger charge is -2.07. The molecule has 0 atom stereocenters. The largest absolute Gasteiger partial charge is 0.508 e. The third-order valence-electron chi connectivity index (χ3n) is 2.46. The van der Waals surface area contributed by atoms with Crippen molar-refractivity contribution in [2.24, 2.45) is 0 Å². The summed E-state index contributed by atoms with van der Waals surface area (Å²) in [5.41, 5.74) is 0.833. The number of esters is 1. The molecule has 0 aliphatic rings. The van der Waals surface area contributed by atoms with Crippen LogP contribution in [0.2, 0.25) is 0 Å². The zero-order valence-corrected chi connectivity index (χ0v) is 10.8. The Morgan fingerprint density at radius 2 is 1.85 bits per heavy atom. The molecule has 0 aliphatic carbocycles. The third kappa shape index (κ3) is 3.58. The Labute approximate surface area is 115 Å². The number of hydrogen-bond acceptors (Lipinski definition) is 4. The van der Waals surface area contributed by atoms with Crippen molar-refractivity contribution in [2.45, 2.75) is 6.92 Å². The number of amides is 1. The van der Waals surface area contributed by atoms with E-state index in [4.69, 9.17) is 4.74 Å².